The predicted octanol–water partition coefficient (Wildman–Crippen LogP) is 1.24. The molecular formula is C18H17N7O2. The lowest BCUT2D eigenvalue weighted by Gasteiger charge is -2.32. The van der Waals surface area contributed by atoms with E-state index in [1.165, 1.54) is 17.3 Å². The van der Waals surface area contributed by atoms with Gasteiger partial charge in [-0.25, -0.2) is 19.8 Å². The summed E-state index contributed by atoms with van der Waals surface area (Å²) in [5.74, 6) is -0.257. The van der Waals surface area contributed by atoms with E-state index in [4.69, 9.17) is 12.3 Å². The summed E-state index contributed by atoms with van der Waals surface area (Å²) in [6, 6.07) is 3.45. The normalized spacial score (nSPS) is 19.4. The Morgan fingerprint density at radius 1 is 1.37 bits per heavy atom. The van der Waals surface area contributed by atoms with Crippen LogP contribution >= 0.6 is 0 Å². The molecule has 1 aliphatic rings. The first-order chi connectivity index (χ1) is 12.8. The topological polar surface area (TPSA) is 119 Å². The summed E-state index contributed by atoms with van der Waals surface area (Å²) in [6.07, 6.45) is 4.40. The van der Waals surface area contributed by atoms with Crippen molar-refractivity contribution in [2.24, 2.45) is 10.7 Å². The Morgan fingerprint density at radius 2 is 2.07 bits per heavy atom. The Morgan fingerprint density at radius 3 is 2.70 bits per heavy atom. The van der Waals surface area contributed by atoms with Gasteiger partial charge in [-0.2, -0.15) is 0 Å². The zero-order valence-corrected chi connectivity index (χ0v) is 14.9. The summed E-state index contributed by atoms with van der Waals surface area (Å²) in [7, 11) is 1.57. The van der Waals surface area contributed by atoms with Crippen molar-refractivity contribution >= 4 is 23.3 Å². The van der Waals surface area contributed by atoms with E-state index in [0.29, 0.717) is 11.3 Å². The van der Waals surface area contributed by atoms with Gasteiger partial charge in [-0.3, -0.25) is 19.5 Å². The molecule has 3 rings (SSSR count). The first-order valence-corrected chi connectivity index (χ1v) is 8.12. The maximum Gasteiger partial charge on any atom is 0.231 e. The summed E-state index contributed by atoms with van der Waals surface area (Å²) in [5.41, 5.74) is 6.47. The number of hydrogen-bond acceptors (Lipinski definition) is 7. The van der Waals surface area contributed by atoms with E-state index in [9.17, 15) is 9.59 Å². The Bertz CT molecular complexity index is 978. The van der Waals surface area contributed by atoms with E-state index in [0.717, 1.165) is 0 Å². The molecule has 0 bridgehead atoms. The van der Waals surface area contributed by atoms with Crippen LogP contribution in [0, 0.1) is 6.57 Å². The van der Waals surface area contributed by atoms with Gasteiger partial charge in [0.25, 0.3) is 0 Å². The lowest BCUT2D eigenvalue weighted by atomic mass is 9.90. The molecule has 9 heteroatoms. The predicted molar refractivity (Wildman–Crippen MR) is 96.9 cm³/mol. The molecule has 9 nitrogen and oxygen atoms in total. The first-order valence-electron chi connectivity index (χ1n) is 8.12. The second kappa shape index (κ2) is 6.92. The second-order valence-corrected chi connectivity index (χ2v) is 6.40. The van der Waals surface area contributed by atoms with E-state index in [1.807, 2.05) is 0 Å². The number of hydrogen-bond donors (Lipinski definition) is 1. The van der Waals surface area contributed by atoms with Crippen LogP contribution in [0.3, 0.4) is 0 Å². The smallest absolute Gasteiger partial charge is 0.231 e. The molecule has 2 aromatic rings. The van der Waals surface area contributed by atoms with E-state index in [1.54, 1.807) is 32.3 Å². The highest BCUT2D eigenvalue weighted by molar-refractivity contribution is 5.98. The third-order valence-electron chi connectivity index (χ3n) is 4.33. The molecule has 0 saturated heterocycles. The van der Waals surface area contributed by atoms with E-state index < -0.39 is 5.54 Å². The standard InChI is InChI=1S/C18H17N7O2/c1-18(8-15(27)25(3)17(19)24-18)14-7-11(4-5-21-14)6-13(26)16-22-9-12(20-2)10-23-16/h4-5,7,9-10H,6,8H2,1,3H3,(H2,19,24). The quantitative estimate of drug-likeness (QED) is 0.645. The van der Waals surface area contributed by atoms with Gasteiger partial charge in [-0.1, -0.05) is 0 Å². The van der Waals surface area contributed by atoms with Gasteiger partial charge in [0.2, 0.25) is 17.4 Å². The van der Waals surface area contributed by atoms with Gasteiger partial charge < -0.3 is 5.73 Å². The van der Waals surface area contributed by atoms with Crippen molar-refractivity contribution < 1.29 is 9.59 Å². The molecule has 1 atom stereocenters. The van der Waals surface area contributed by atoms with Crippen LogP contribution in [0.25, 0.3) is 4.85 Å². The lowest BCUT2D eigenvalue weighted by molar-refractivity contribution is -0.128. The van der Waals surface area contributed by atoms with Crippen LogP contribution in [0.4, 0.5) is 5.69 Å². The molecule has 27 heavy (non-hydrogen) atoms. The molecule has 3 heterocycles. The van der Waals surface area contributed by atoms with Crippen LogP contribution in [0.1, 0.15) is 35.2 Å². The maximum atomic E-state index is 12.4. The minimum Gasteiger partial charge on any atom is -0.369 e. The number of guanidine groups is 1. The Hall–Kier alpha value is -3.67. The van der Waals surface area contributed by atoms with E-state index >= 15 is 0 Å². The number of pyridine rings is 1. The molecule has 136 valence electrons. The average molecular weight is 363 g/mol. The van der Waals surface area contributed by atoms with Gasteiger partial charge >= 0.3 is 0 Å². The van der Waals surface area contributed by atoms with E-state index in [2.05, 4.69) is 24.8 Å². The molecule has 0 spiro atoms. The van der Waals surface area contributed by atoms with Crippen LogP contribution < -0.4 is 5.73 Å². The van der Waals surface area contributed by atoms with Gasteiger partial charge in [-0.05, 0) is 24.6 Å². The SMILES string of the molecule is [C-]#[N+]c1cnc(C(=O)Cc2ccnc(C3(C)CC(=O)N(C)C(N)=N3)c2)nc1. The van der Waals surface area contributed by atoms with Gasteiger partial charge in [0.1, 0.15) is 5.54 Å². The zero-order chi connectivity index (χ0) is 19.6. The monoisotopic (exact) mass is 363 g/mol. The molecule has 1 aliphatic heterocycles. The third-order valence-corrected chi connectivity index (χ3v) is 4.33. The molecule has 0 saturated carbocycles. The summed E-state index contributed by atoms with van der Waals surface area (Å²) in [5, 5.41) is 0. The van der Waals surface area contributed by atoms with Crippen LogP contribution in [-0.4, -0.2) is 44.5 Å². The van der Waals surface area contributed by atoms with Crippen LogP contribution in [-0.2, 0) is 16.8 Å². The fourth-order valence-electron chi connectivity index (χ4n) is 2.72. The van der Waals surface area contributed by atoms with Gasteiger partial charge in [-0.15, -0.1) is 0 Å². The van der Waals surface area contributed by atoms with Crippen molar-refractivity contribution in [1.82, 2.24) is 19.9 Å². The maximum absolute atomic E-state index is 12.4. The molecule has 0 fully saturated rings. The molecule has 1 amide bonds. The van der Waals surface area contributed by atoms with Crippen molar-refractivity contribution in [3.05, 3.63) is 59.2 Å². The Balaban J connectivity index is 1.84. The number of aromatic nitrogens is 3. The largest absolute Gasteiger partial charge is 0.369 e. The van der Waals surface area contributed by atoms with Crippen LogP contribution in [0.2, 0.25) is 0 Å². The number of carbonyl (C=O) groups is 2. The minimum atomic E-state index is -0.888. The number of nitrogens with zero attached hydrogens (tertiary/aromatic N) is 6. The van der Waals surface area contributed by atoms with Gasteiger partial charge in [0, 0.05) is 32.1 Å². The number of nitrogens with two attached hydrogens (primary N) is 1. The zero-order valence-electron chi connectivity index (χ0n) is 14.9. The van der Waals surface area contributed by atoms with Crippen molar-refractivity contribution in [2.75, 3.05) is 7.05 Å². The number of amides is 1. The number of ketones is 1. The first kappa shape index (κ1) is 18.1. The van der Waals surface area contributed by atoms with Crippen LogP contribution in [0.15, 0.2) is 35.7 Å². The fourth-order valence-corrected chi connectivity index (χ4v) is 2.72. The Labute approximate surface area is 155 Å². The number of carbonyl (C=O) groups excluding carboxylic acids is 2. The molecule has 0 aromatic carbocycles. The highest BCUT2D eigenvalue weighted by atomic mass is 16.2. The van der Waals surface area contributed by atoms with Crippen molar-refractivity contribution in [2.45, 2.75) is 25.3 Å². The summed E-state index contributed by atoms with van der Waals surface area (Å²) in [6.45, 7) is 8.67. The summed E-state index contributed by atoms with van der Waals surface area (Å²) >= 11 is 0. The van der Waals surface area contributed by atoms with E-state index in [-0.39, 0.29) is 42.0 Å². The summed E-state index contributed by atoms with van der Waals surface area (Å²) in [4.78, 5) is 45.6. The minimum absolute atomic E-state index is 0.0451. The fraction of sp³-hybridized carbons (Fsp3) is 0.278. The number of Topliss-reactive ketones (excluding diaryl/α,β-unsaturated/α-hetero) is 1. The Kier molecular flexibility index (Phi) is 4.64. The summed E-state index contributed by atoms with van der Waals surface area (Å²) < 4.78 is 0. The van der Waals surface area contributed by atoms with Crippen molar-refractivity contribution in [3.8, 4) is 0 Å². The molecule has 2 N–H and O–H groups in total. The molecule has 1 unspecified atom stereocenters. The van der Waals surface area contributed by atoms with Crippen molar-refractivity contribution in [3.63, 3.8) is 0 Å². The van der Waals surface area contributed by atoms with Gasteiger partial charge in [0.05, 0.1) is 18.7 Å². The highest BCUT2D eigenvalue weighted by Crippen LogP contribution is 2.31. The second-order valence-electron chi connectivity index (χ2n) is 6.40. The number of rotatable bonds is 4. The molecule has 0 aliphatic carbocycles. The molecule has 0 radical (unpaired) electrons. The average Bonchev–Trinajstić information content (AvgIpc) is 2.66. The third kappa shape index (κ3) is 3.64. The number of aliphatic imine (C=N–C) groups is 1. The lowest BCUT2D eigenvalue weighted by Crippen LogP contribution is -2.47. The molecule has 2 aromatic heterocycles. The molecular weight excluding hydrogens is 346 g/mol. The highest BCUT2D eigenvalue weighted by Gasteiger charge is 2.37. The van der Waals surface area contributed by atoms with Gasteiger partial charge in [0.15, 0.2) is 11.8 Å². The van der Waals surface area contributed by atoms with Crippen molar-refractivity contribution in [1.29, 1.82) is 0 Å². The van der Waals surface area contributed by atoms with Crippen LogP contribution in [0.5, 0.6) is 0 Å².